The van der Waals surface area contributed by atoms with E-state index in [0.29, 0.717) is 13.1 Å². The minimum Gasteiger partial charge on any atom is -0.357 e. The molecular formula is C25H33N7. The van der Waals surface area contributed by atoms with Crippen LogP contribution in [0, 0.1) is 13.8 Å². The summed E-state index contributed by atoms with van der Waals surface area (Å²) in [6.45, 7) is 10.4. The molecule has 0 aliphatic carbocycles. The number of benzene rings is 1. The summed E-state index contributed by atoms with van der Waals surface area (Å²) >= 11 is 0. The number of hydrogen-bond acceptors (Lipinski definition) is 4. The van der Waals surface area contributed by atoms with Crippen molar-refractivity contribution in [3.8, 4) is 5.69 Å². The van der Waals surface area contributed by atoms with E-state index in [1.807, 2.05) is 23.9 Å². The Morgan fingerprint density at radius 1 is 1.06 bits per heavy atom. The summed E-state index contributed by atoms with van der Waals surface area (Å²) in [5.74, 6) is 1.86. The highest BCUT2D eigenvalue weighted by Crippen LogP contribution is 2.18. The van der Waals surface area contributed by atoms with Crippen LogP contribution in [-0.4, -0.2) is 40.4 Å². The van der Waals surface area contributed by atoms with Crippen LogP contribution < -0.4 is 15.5 Å². The molecule has 0 unspecified atom stereocenters. The fourth-order valence-corrected chi connectivity index (χ4v) is 4.07. The summed E-state index contributed by atoms with van der Waals surface area (Å²) in [5, 5.41) is 11.5. The number of anilines is 1. The Morgan fingerprint density at radius 2 is 1.88 bits per heavy atom. The standard InChI is InChI=1S/C25H33N7/c1-4-26-25(28-17-21-11-12-24(27-16-21)31-13-7-8-14-31)29-18-22-9-5-6-10-23(22)32-20(3)15-19(2)30-32/h5-6,9-12,15-16H,4,7-8,13-14,17-18H2,1-3H3,(H2,26,28,29). The van der Waals surface area contributed by atoms with Crippen LogP contribution in [0.5, 0.6) is 0 Å². The second-order valence-corrected chi connectivity index (χ2v) is 8.24. The second kappa shape index (κ2) is 10.3. The lowest BCUT2D eigenvalue weighted by molar-refractivity contribution is 0.783. The number of guanidine groups is 1. The first-order valence-corrected chi connectivity index (χ1v) is 11.5. The number of hydrogen-bond donors (Lipinski definition) is 2. The van der Waals surface area contributed by atoms with Crippen molar-refractivity contribution >= 4 is 11.8 Å². The Kier molecular flexibility index (Phi) is 7.04. The van der Waals surface area contributed by atoms with Gasteiger partial charge in [0.2, 0.25) is 0 Å². The average Bonchev–Trinajstić information content (AvgIpc) is 3.46. The van der Waals surface area contributed by atoms with Crippen LogP contribution in [0.3, 0.4) is 0 Å². The Morgan fingerprint density at radius 3 is 2.56 bits per heavy atom. The largest absolute Gasteiger partial charge is 0.357 e. The van der Waals surface area contributed by atoms with Gasteiger partial charge < -0.3 is 15.5 Å². The minimum atomic E-state index is 0.585. The van der Waals surface area contributed by atoms with Crippen LogP contribution in [0.2, 0.25) is 0 Å². The SMILES string of the molecule is CCNC(=NCc1ccc(N2CCCC2)nc1)NCc1ccccc1-n1nc(C)cc1C. The summed E-state index contributed by atoms with van der Waals surface area (Å²) in [6.07, 6.45) is 4.46. The lowest BCUT2D eigenvalue weighted by Crippen LogP contribution is -2.37. The van der Waals surface area contributed by atoms with Gasteiger partial charge in [-0.25, -0.2) is 14.7 Å². The van der Waals surface area contributed by atoms with Crippen LogP contribution >= 0.6 is 0 Å². The van der Waals surface area contributed by atoms with Gasteiger partial charge in [0.15, 0.2) is 5.96 Å². The number of rotatable bonds is 7. The van der Waals surface area contributed by atoms with Gasteiger partial charge >= 0.3 is 0 Å². The van der Waals surface area contributed by atoms with E-state index in [0.717, 1.165) is 54.1 Å². The van der Waals surface area contributed by atoms with Gasteiger partial charge in [-0.05, 0) is 62.9 Å². The molecule has 0 saturated carbocycles. The Bertz CT molecular complexity index is 1050. The lowest BCUT2D eigenvalue weighted by atomic mass is 10.1. The molecule has 1 aliphatic rings. The molecular weight excluding hydrogens is 398 g/mol. The van der Waals surface area contributed by atoms with Crippen LogP contribution in [0.15, 0.2) is 53.7 Å². The van der Waals surface area contributed by atoms with Crippen LogP contribution in [0.4, 0.5) is 5.82 Å². The first kappa shape index (κ1) is 21.9. The number of para-hydroxylation sites is 1. The second-order valence-electron chi connectivity index (χ2n) is 8.24. The Balaban J connectivity index is 1.43. The normalized spacial score (nSPS) is 14.1. The van der Waals surface area contributed by atoms with Gasteiger partial charge in [-0.15, -0.1) is 0 Å². The predicted molar refractivity (Wildman–Crippen MR) is 130 cm³/mol. The average molecular weight is 432 g/mol. The molecule has 168 valence electrons. The third kappa shape index (κ3) is 5.28. The monoisotopic (exact) mass is 431 g/mol. The van der Waals surface area contributed by atoms with E-state index in [-0.39, 0.29) is 0 Å². The van der Waals surface area contributed by atoms with Crippen molar-refractivity contribution in [2.24, 2.45) is 4.99 Å². The van der Waals surface area contributed by atoms with E-state index in [2.05, 4.69) is 75.9 Å². The topological polar surface area (TPSA) is 70.4 Å². The number of pyridine rings is 1. The number of nitrogens with one attached hydrogen (secondary N) is 2. The van der Waals surface area contributed by atoms with Crippen molar-refractivity contribution in [1.82, 2.24) is 25.4 Å². The molecule has 7 heteroatoms. The van der Waals surface area contributed by atoms with E-state index < -0.39 is 0 Å². The molecule has 4 rings (SSSR count). The zero-order valence-electron chi connectivity index (χ0n) is 19.3. The summed E-state index contributed by atoms with van der Waals surface area (Å²) in [7, 11) is 0. The Labute approximate surface area is 190 Å². The molecule has 7 nitrogen and oxygen atoms in total. The van der Waals surface area contributed by atoms with Crippen LogP contribution in [0.25, 0.3) is 5.69 Å². The highest BCUT2D eigenvalue weighted by atomic mass is 15.3. The molecule has 1 aromatic carbocycles. The number of aliphatic imine (C=N–C) groups is 1. The maximum absolute atomic E-state index is 4.77. The van der Waals surface area contributed by atoms with Gasteiger partial charge in [0, 0.05) is 38.1 Å². The molecule has 1 fully saturated rings. The molecule has 2 N–H and O–H groups in total. The molecule has 0 bridgehead atoms. The third-order valence-corrected chi connectivity index (χ3v) is 5.68. The molecule has 0 amide bonds. The van der Waals surface area contributed by atoms with E-state index in [9.17, 15) is 0 Å². The maximum Gasteiger partial charge on any atom is 0.191 e. The van der Waals surface area contributed by atoms with E-state index >= 15 is 0 Å². The number of nitrogens with zero attached hydrogens (tertiary/aromatic N) is 5. The summed E-state index contributed by atoms with van der Waals surface area (Å²) in [4.78, 5) is 11.8. The van der Waals surface area contributed by atoms with Crippen LogP contribution in [0.1, 0.15) is 42.3 Å². The van der Waals surface area contributed by atoms with Crippen molar-refractivity contribution in [1.29, 1.82) is 0 Å². The molecule has 0 atom stereocenters. The fraction of sp³-hybridized carbons (Fsp3) is 0.400. The van der Waals surface area contributed by atoms with Gasteiger partial charge in [0.1, 0.15) is 5.82 Å². The van der Waals surface area contributed by atoms with Crippen molar-refractivity contribution in [2.45, 2.75) is 46.7 Å². The molecule has 3 heterocycles. The van der Waals surface area contributed by atoms with E-state index in [4.69, 9.17) is 4.99 Å². The van der Waals surface area contributed by atoms with Gasteiger partial charge in [0.05, 0.1) is 17.9 Å². The minimum absolute atomic E-state index is 0.585. The number of aromatic nitrogens is 3. The molecule has 0 radical (unpaired) electrons. The van der Waals surface area contributed by atoms with Crippen LogP contribution in [-0.2, 0) is 13.1 Å². The van der Waals surface area contributed by atoms with Gasteiger partial charge in [-0.1, -0.05) is 24.3 Å². The van der Waals surface area contributed by atoms with Crippen molar-refractivity contribution < 1.29 is 0 Å². The molecule has 3 aromatic rings. The molecule has 2 aromatic heterocycles. The fourth-order valence-electron chi connectivity index (χ4n) is 4.07. The highest BCUT2D eigenvalue weighted by molar-refractivity contribution is 5.79. The summed E-state index contributed by atoms with van der Waals surface area (Å²) in [5.41, 5.74) is 5.50. The zero-order chi connectivity index (χ0) is 22.3. The van der Waals surface area contributed by atoms with Gasteiger partial charge in [-0.2, -0.15) is 5.10 Å². The molecule has 1 saturated heterocycles. The first-order valence-electron chi connectivity index (χ1n) is 11.5. The van der Waals surface area contributed by atoms with Crippen molar-refractivity contribution in [3.05, 3.63) is 71.2 Å². The summed E-state index contributed by atoms with van der Waals surface area (Å²) in [6, 6.07) is 14.7. The van der Waals surface area contributed by atoms with E-state index in [1.54, 1.807) is 0 Å². The third-order valence-electron chi connectivity index (χ3n) is 5.68. The van der Waals surface area contributed by atoms with Gasteiger partial charge in [0.25, 0.3) is 0 Å². The molecule has 0 spiro atoms. The molecule has 1 aliphatic heterocycles. The summed E-state index contributed by atoms with van der Waals surface area (Å²) < 4.78 is 2.00. The predicted octanol–water partition coefficient (Wildman–Crippen LogP) is 3.74. The van der Waals surface area contributed by atoms with Gasteiger partial charge in [-0.3, -0.25) is 0 Å². The molecule has 32 heavy (non-hydrogen) atoms. The highest BCUT2D eigenvalue weighted by Gasteiger charge is 2.13. The van der Waals surface area contributed by atoms with Crippen molar-refractivity contribution in [2.75, 3.05) is 24.5 Å². The first-order chi connectivity index (χ1) is 15.6. The Hall–Kier alpha value is -3.35. The lowest BCUT2D eigenvalue weighted by Gasteiger charge is -2.16. The smallest absolute Gasteiger partial charge is 0.191 e. The zero-order valence-corrected chi connectivity index (χ0v) is 19.3. The number of aryl methyl sites for hydroxylation is 2. The quantitative estimate of drug-likeness (QED) is 0.441. The van der Waals surface area contributed by atoms with Crippen molar-refractivity contribution in [3.63, 3.8) is 0 Å². The van der Waals surface area contributed by atoms with E-state index in [1.165, 1.54) is 18.4 Å². The maximum atomic E-state index is 4.77.